The molecule has 0 radical (unpaired) electrons. The molecule has 0 saturated carbocycles. The summed E-state index contributed by atoms with van der Waals surface area (Å²) < 4.78 is 4.30. The standard InChI is InChI=1S/C8H7N3O2/c1-6-2-4-7(5-3-6)11-9-8(12)13-10-11/h2-5H,1H3. The lowest BCUT2D eigenvalue weighted by molar-refractivity contribution is -0.726. The zero-order valence-electron chi connectivity index (χ0n) is 6.97. The van der Waals surface area contributed by atoms with E-state index < -0.39 is 6.08 Å². The molecule has 1 aromatic carbocycles. The van der Waals surface area contributed by atoms with Crippen molar-refractivity contribution in [3.63, 3.8) is 0 Å². The van der Waals surface area contributed by atoms with Gasteiger partial charge in [-0.15, -0.1) is 0 Å². The average Bonchev–Trinajstić information content (AvgIpc) is 2.53. The molecule has 0 amide bonds. The highest BCUT2D eigenvalue weighted by Crippen LogP contribution is 2.01. The lowest BCUT2D eigenvalue weighted by Gasteiger charge is -1.88. The summed E-state index contributed by atoms with van der Waals surface area (Å²) in [6.45, 7) is 1.98. The van der Waals surface area contributed by atoms with E-state index in [1.807, 2.05) is 31.2 Å². The maximum atomic E-state index is 10.6. The Labute approximate surface area is 74.2 Å². The normalized spacial score (nSPS) is 10.2. The van der Waals surface area contributed by atoms with Gasteiger partial charge in [0.2, 0.25) is 6.08 Å². The number of hydrogen-bond donors (Lipinski definition) is 0. The Bertz CT molecular complexity index is 408. The molecule has 5 nitrogen and oxygen atoms in total. The number of aryl methyl sites for hydroxylation is 1. The van der Waals surface area contributed by atoms with Crippen molar-refractivity contribution in [3.8, 4) is 11.8 Å². The summed E-state index contributed by atoms with van der Waals surface area (Å²) in [6.07, 6.45) is -0.694. The molecule has 0 saturated heterocycles. The molecule has 66 valence electrons. The lowest BCUT2D eigenvalue weighted by Crippen LogP contribution is -2.35. The van der Waals surface area contributed by atoms with Crippen LogP contribution in [0.4, 0.5) is 0 Å². The highest BCUT2D eigenvalue weighted by Gasteiger charge is 2.09. The number of aromatic nitrogens is 3. The Hall–Kier alpha value is -1.91. The molecular formula is C8H7N3O2. The first-order valence-electron chi connectivity index (χ1n) is 3.76. The predicted octanol–water partition coefficient (Wildman–Crippen LogP) is -0.272. The van der Waals surface area contributed by atoms with Crippen LogP contribution in [-0.4, -0.2) is 10.4 Å². The molecule has 5 heteroatoms. The molecule has 0 aliphatic carbocycles. The molecule has 0 bridgehead atoms. The fraction of sp³-hybridized carbons (Fsp3) is 0.125. The monoisotopic (exact) mass is 177 g/mol. The summed E-state index contributed by atoms with van der Waals surface area (Å²) in [5, 5.41) is 17.5. The Morgan fingerprint density at radius 3 is 2.54 bits per heavy atom. The first-order valence-corrected chi connectivity index (χ1v) is 3.76. The maximum absolute atomic E-state index is 10.6. The third-order valence-corrected chi connectivity index (χ3v) is 1.64. The van der Waals surface area contributed by atoms with Crippen LogP contribution in [0.3, 0.4) is 0 Å². The van der Waals surface area contributed by atoms with Crippen molar-refractivity contribution in [2.75, 3.05) is 0 Å². The maximum Gasteiger partial charge on any atom is 0.269 e. The van der Waals surface area contributed by atoms with Crippen molar-refractivity contribution in [1.82, 2.24) is 10.4 Å². The van der Waals surface area contributed by atoms with Crippen LogP contribution in [0.1, 0.15) is 5.56 Å². The van der Waals surface area contributed by atoms with Gasteiger partial charge in [-0.2, -0.15) is 0 Å². The first kappa shape index (κ1) is 7.72. The Balaban J connectivity index is 2.41. The van der Waals surface area contributed by atoms with E-state index in [1.54, 1.807) is 0 Å². The topological polar surface area (TPSA) is 65.9 Å². The molecule has 0 aliphatic heterocycles. The number of hydrogen-bond acceptors (Lipinski definition) is 4. The summed E-state index contributed by atoms with van der Waals surface area (Å²) in [6, 6.07) is 7.43. The van der Waals surface area contributed by atoms with Gasteiger partial charge in [-0.25, -0.2) is 0 Å². The van der Waals surface area contributed by atoms with Gasteiger partial charge >= 0.3 is 0 Å². The molecule has 1 heterocycles. The zero-order chi connectivity index (χ0) is 9.26. The smallest absolute Gasteiger partial charge is 0.269 e. The SMILES string of the molecule is Cc1ccc(-[n+]2noc([O-])n2)cc1. The molecule has 0 N–H and O–H groups in total. The molecule has 13 heavy (non-hydrogen) atoms. The lowest BCUT2D eigenvalue weighted by atomic mass is 10.2. The third kappa shape index (κ3) is 1.48. The van der Waals surface area contributed by atoms with Crippen LogP contribution < -0.4 is 9.90 Å². The summed E-state index contributed by atoms with van der Waals surface area (Å²) in [5.74, 6) is 0. The van der Waals surface area contributed by atoms with E-state index in [4.69, 9.17) is 0 Å². The van der Waals surface area contributed by atoms with E-state index in [-0.39, 0.29) is 0 Å². The minimum atomic E-state index is -0.694. The fourth-order valence-corrected chi connectivity index (χ4v) is 0.970. The van der Waals surface area contributed by atoms with E-state index >= 15 is 0 Å². The van der Waals surface area contributed by atoms with Crippen molar-refractivity contribution in [3.05, 3.63) is 29.8 Å². The average molecular weight is 177 g/mol. The van der Waals surface area contributed by atoms with Crippen molar-refractivity contribution >= 4 is 0 Å². The van der Waals surface area contributed by atoms with Gasteiger partial charge in [0.15, 0.2) is 0 Å². The van der Waals surface area contributed by atoms with Gasteiger partial charge in [0.05, 0.1) is 9.90 Å². The number of nitrogens with zero attached hydrogens (tertiary/aromatic N) is 3. The number of benzene rings is 1. The van der Waals surface area contributed by atoms with Crippen molar-refractivity contribution in [2.24, 2.45) is 0 Å². The second-order valence-corrected chi connectivity index (χ2v) is 2.66. The van der Waals surface area contributed by atoms with Gasteiger partial charge < -0.3 is 9.63 Å². The van der Waals surface area contributed by atoms with Crippen LogP contribution in [0.25, 0.3) is 5.69 Å². The van der Waals surface area contributed by atoms with E-state index in [9.17, 15) is 5.11 Å². The molecule has 2 aromatic rings. The minimum absolute atomic E-state index is 0.694. The van der Waals surface area contributed by atoms with E-state index in [0.717, 1.165) is 10.4 Å². The highest BCUT2D eigenvalue weighted by molar-refractivity contribution is 5.25. The fourth-order valence-electron chi connectivity index (χ4n) is 0.970. The zero-order valence-corrected chi connectivity index (χ0v) is 6.97. The van der Waals surface area contributed by atoms with Crippen LogP contribution in [0, 0.1) is 6.92 Å². The molecule has 0 aliphatic rings. The van der Waals surface area contributed by atoms with Gasteiger partial charge in [0.25, 0.3) is 5.69 Å². The van der Waals surface area contributed by atoms with Crippen molar-refractivity contribution in [1.29, 1.82) is 0 Å². The van der Waals surface area contributed by atoms with Gasteiger partial charge in [-0.1, -0.05) is 17.7 Å². The molecule has 1 aromatic heterocycles. The van der Waals surface area contributed by atoms with E-state index in [1.165, 1.54) is 0 Å². The molecule has 0 fully saturated rings. The van der Waals surface area contributed by atoms with E-state index in [0.29, 0.717) is 5.69 Å². The second-order valence-electron chi connectivity index (χ2n) is 2.66. The largest absolute Gasteiger partial charge is 0.523 e. The third-order valence-electron chi connectivity index (χ3n) is 1.64. The predicted molar refractivity (Wildman–Crippen MR) is 40.0 cm³/mol. The Kier molecular flexibility index (Phi) is 1.70. The molecular weight excluding hydrogens is 170 g/mol. The van der Waals surface area contributed by atoms with E-state index in [2.05, 4.69) is 14.9 Å². The van der Waals surface area contributed by atoms with Crippen LogP contribution in [0.5, 0.6) is 6.08 Å². The highest BCUT2D eigenvalue weighted by atomic mass is 16.6. The first-order chi connectivity index (χ1) is 6.25. The second kappa shape index (κ2) is 2.85. The molecule has 0 atom stereocenters. The minimum Gasteiger partial charge on any atom is -0.523 e. The van der Waals surface area contributed by atoms with Gasteiger partial charge in [0.1, 0.15) is 5.27 Å². The van der Waals surface area contributed by atoms with Crippen molar-refractivity contribution < 1.29 is 14.4 Å². The summed E-state index contributed by atoms with van der Waals surface area (Å²) in [7, 11) is 0. The number of rotatable bonds is 1. The van der Waals surface area contributed by atoms with Crippen LogP contribution in [0.15, 0.2) is 28.8 Å². The summed E-state index contributed by atoms with van der Waals surface area (Å²) >= 11 is 0. The summed E-state index contributed by atoms with van der Waals surface area (Å²) in [4.78, 5) is 1.15. The van der Waals surface area contributed by atoms with Crippen LogP contribution >= 0.6 is 0 Å². The van der Waals surface area contributed by atoms with Gasteiger partial charge in [-0.3, -0.25) is 0 Å². The Morgan fingerprint density at radius 2 is 2.00 bits per heavy atom. The molecule has 0 spiro atoms. The van der Waals surface area contributed by atoms with Gasteiger partial charge in [0, 0.05) is 12.1 Å². The van der Waals surface area contributed by atoms with Crippen molar-refractivity contribution in [2.45, 2.75) is 6.92 Å². The van der Waals surface area contributed by atoms with Crippen LogP contribution in [-0.2, 0) is 0 Å². The Morgan fingerprint density at radius 1 is 1.31 bits per heavy atom. The quantitative estimate of drug-likeness (QED) is 0.562. The molecule has 0 unspecified atom stereocenters. The summed E-state index contributed by atoms with van der Waals surface area (Å²) in [5.41, 5.74) is 1.84. The van der Waals surface area contributed by atoms with Crippen LogP contribution in [0.2, 0.25) is 0 Å². The van der Waals surface area contributed by atoms with Gasteiger partial charge in [-0.05, 0) is 6.92 Å². The molecule has 2 rings (SSSR count).